The van der Waals surface area contributed by atoms with Crippen molar-refractivity contribution in [2.75, 3.05) is 20.2 Å². The summed E-state index contributed by atoms with van der Waals surface area (Å²) in [7, 11) is 1.43. The zero-order valence-corrected chi connectivity index (χ0v) is 19.6. The monoisotopic (exact) mass is 470 g/mol. The molecular formula is C23H26N4O5S. The average Bonchev–Trinajstić information content (AvgIpc) is 3.41. The summed E-state index contributed by atoms with van der Waals surface area (Å²) < 4.78 is 12.3. The smallest absolute Gasteiger partial charge is 0.257 e. The molecule has 0 aliphatic carbocycles. The molecular weight excluding hydrogens is 444 g/mol. The van der Waals surface area contributed by atoms with Gasteiger partial charge in [-0.05, 0) is 26.0 Å². The fraction of sp³-hybridized carbons (Fsp3) is 0.391. The number of ether oxygens (including phenoxy) is 1. The predicted octanol–water partition coefficient (Wildman–Crippen LogP) is 2.33. The molecule has 0 spiro atoms. The Hall–Kier alpha value is -3.40. The van der Waals surface area contributed by atoms with Crippen LogP contribution in [0.4, 0.5) is 0 Å². The van der Waals surface area contributed by atoms with E-state index < -0.39 is 0 Å². The van der Waals surface area contributed by atoms with Crippen molar-refractivity contribution in [1.82, 2.24) is 19.8 Å². The molecule has 1 aliphatic heterocycles. The van der Waals surface area contributed by atoms with Crippen molar-refractivity contribution in [1.29, 1.82) is 0 Å². The third kappa shape index (κ3) is 4.85. The fourth-order valence-corrected chi connectivity index (χ4v) is 4.65. The Morgan fingerprint density at radius 3 is 2.82 bits per heavy atom. The molecule has 4 rings (SSSR count). The molecule has 4 heterocycles. The summed E-state index contributed by atoms with van der Waals surface area (Å²) in [6, 6.07) is 4.50. The molecule has 0 aromatic carbocycles. The van der Waals surface area contributed by atoms with E-state index in [1.165, 1.54) is 24.5 Å². The normalized spacial score (nSPS) is 14.3. The van der Waals surface area contributed by atoms with Crippen LogP contribution in [0.3, 0.4) is 0 Å². The summed E-state index contributed by atoms with van der Waals surface area (Å²) in [5, 5.41) is 5.72. The van der Waals surface area contributed by atoms with Crippen molar-refractivity contribution >= 4 is 23.2 Å². The minimum Gasteiger partial charge on any atom is -0.496 e. The van der Waals surface area contributed by atoms with Crippen molar-refractivity contribution in [3.63, 3.8) is 0 Å². The second-order valence-electron chi connectivity index (χ2n) is 7.90. The first-order valence-corrected chi connectivity index (χ1v) is 11.6. The molecule has 9 nitrogen and oxygen atoms in total. The highest BCUT2D eigenvalue weighted by Gasteiger charge is 2.28. The van der Waals surface area contributed by atoms with E-state index in [-0.39, 0.29) is 35.6 Å². The van der Waals surface area contributed by atoms with Gasteiger partial charge in [-0.25, -0.2) is 4.98 Å². The first-order valence-electron chi connectivity index (χ1n) is 10.7. The standard InChI is InChI=1S/C23H26N4O5S/c1-14(18-5-4-10-32-18)24-23(30)22-17-6-7-26(20(28)11-16-13-33-15(2)25-16)8-9-27(17)21(29)12-19(22)31-3/h4-5,10,12-14H,6-9,11H2,1-3H3,(H,24,30). The van der Waals surface area contributed by atoms with Crippen molar-refractivity contribution in [3.05, 3.63) is 67.9 Å². The number of nitrogens with zero attached hydrogens (tertiary/aromatic N) is 3. The summed E-state index contributed by atoms with van der Waals surface area (Å²) in [6.45, 7) is 4.79. The molecule has 3 aromatic heterocycles. The Kier molecular flexibility index (Phi) is 6.64. The van der Waals surface area contributed by atoms with E-state index in [0.717, 1.165) is 10.7 Å². The Labute approximate surface area is 195 Å². The van der Waals surface area contributed by atoms with Crippen LogP contribution in [-0.2, 0) is 24.2 Å². The minimum absolute atomic E-state index is 0.0504. The second kappa shape index (κ2) is 9.62. The van der Waals surface area contributed by atoms with E-state index >= 15 is 0 Å². The summed E-state index contributed by atoms with van der Waals surface area (Å²) in [4.78, 5) is 45.0. The van der Waals surface area contributed by atoms with Crippen molar-refractivity contribution in [2.24, 2.45) is 0 Å². The van der Waals surface area contributed by atoms with Gasteiger partial charge in [0.1, 0.15) is 17.1 Å². The number of rotatable bonds is 6. The predicted molar refractivity (Wildman–Crippen MR) is 123 cm³/mol. The summed E-state index contributed by atoms with van der Waals surface area (Å²) >= 11 is 1.51. The Bertz CT molecular complexity index is 1210. The van der Waals surface area contributed by atoms with Crippen LogP contribution in [0.25, 0.3) is 0 Å². The quantitative estimate of drug-likeness (QED) is 0.593. The molecule has 10 heteroatoms. The van der Waals surface area contributed by atoms with Gasteiger partial charge in [-0.1, -0.05) is 0 Å². The number of hydrogen-bond donors (Lipinski definition) is 1. The lowest BCUT2D eigenvalue weighted by Crippen LogP contribution is -2.35. The molecule has 1 unspecified atom stereocenters. The van der Waals surface area contributed by atoms with Crippen LogP contribution >= 0.6 is 11.3 Å². The zero-order chi connectivity index (χ0) is 23.5. The van der Waals surface area contributed by atoms with Gasteiger partial charge < -0.3 is 23.9 Å². The van der Waals surface area contributed by atoms with Gasteiger partial charge in [0.05, 0.1) is 36.5 Å². The number of pyridine rings is 1. The van der Waals surface area contributed by atoms with Crippen LogP contribution in [0.5, 0.6) is 5.75 Å². The lowest BCUT2D eigenvalue weighted by molar-refractivity contribution is -0.130. The number of methoxy groups -OCH3 is 1. The van der Waals surface area contributed by atoms with E-state index in [1.54, 1.807) is 27.9 Å². The first-order chi connectivity index (χ1) is 15.9. The molecule has 0 saturated carbocycles. The average molecular weight is 471 g/mol. The molecule has 0 fully saturated rings. The summed E-state index contributed by atoms with van der Waals surface area (Å²) in [5.41, 5.74) is 1.35. The van der Waals surface area contributed by atoms with Crippen LogP contribution in [0.15, 0.2) is 39.1 Å². The lowest BCUT2D eigenvalue weighted by Gasteiger charge is -2.19. The SMILES string of the molecule is COc1cc(=O)n2c(c1C(=O)NC(C)c1ccco1)CCN(C(=O)Cc1csc(C)n1)CC2. The zero-order valence-electron chi connectivity index (χ0n) is 18.8. The maximum Gasteiger partial charge on any atom is 0.257 e. The number of hydrogen-bond acceptors (Lipinski definition) is 7. The van der Waals surface area contributed by atoms with Crippen LogP contribution in [0, 0.1) is 6.92 Å². The minimum atomic E-state index is -0.366. The highest BCUT2D eigenvalue weighted by molar-refractivity contribution is 7.09. The number of furan rings is 1. The van der Waals surface area contributed by atoms with Gasteiger partial charge in [0.25, 0.3) is 11.5 Å². The van der Waals surface area contributed by atoms with Crippen molar-refractivity contribution in [2.45, 2.75) is 39.3 Å². The third-order valence-corrected chi connectivity index (χ3v) is 6.53. The number of fused-ring (bicyclic) bond motifs is 1. The van der Waals surface area contributed by atoms with Gasteiger partial charge in [-0.3, -0.25) is 14.4 Å². The molecule has 0 saturated heterocycles. The number of nitrogens with one attached hydrogen (secondary N) is 1. The number of aryl methyl sites for hydroxylation is 1. The van der Waals surface area contributed by atoms with Crippen molar-refractivity contribution < 1.29 is 18.7 Å². The molecule has 0 radical (unpaired) electrons. The van der Waals surface area contributed by atoms with Crippen molar-refractivity contribution in [3.8, 4) is 5.75 Å². The molecule has 33 heavy (non-hydrogen) atoms. The number of carbonyl (C=O) groups is 2. The summed E-state index contributed by atoms with van der Waals surface area (Å²) in [5.74, 6) is 0.423. The third-order valence-electron chi connectivity index (χ3n) is 5.71. The van der Waals surface area contributed by atoms with E-state index in [2.05, 4.69) is 10.3 Å². The van der Waals surface area contributed by atoms with E-state index in [0.29, 0.717) is 43.1 Å². The van der Waals surface area contributed by atoms with Gasteiger partial charge >= 0.3 is 0 Å². The van der Waals surface area contributed by atoms with E-state index in [4.69, 9.17) is 9.15 Å². The number of amides is 2. The van der Waals surface area contributed by atoms with Gasteiger partial charge in [0, 0.05) is 43.2 Å². The Balaban J connectivity index is 1.58. The van der Waals surface area contributed by atoms with E-state index in [9.17, 15) is 14.4 Å². The number of thiazole rings is 1. The summed E-state index contributed by atoms with van der Waals surface area (Å²) in [6.07, 6.45) is 2.12. The first kappa shape index (κ1) is 22.8. The molecule has 1 aliphatic rings. The highest BCUT2D eigenvalue weighted by atomic mass is 32.1. The van der Waals surface area contributed by atoms with Crippen LogP contribution in [0.1, 0.15) is 45.5 Å². The molecule has 3 aromatic rings. The molecule has 174 valence electrons. The van der Waals surface area contributed by atoms with Crippen LogP contribution in [0.2, 0.25) is 0 Å². The molecule has 1 N–H and O–H groups in total. The maximum absolute atomic E-state index is 13.2. The second-order valence-corrected chi connectivity index (χ2v) is 8.96. The Morgan fingerprint density at radius 2 is 2.15 bits per heavy atom. The highest BCUT2D eigenvalue weighted by Crippen LogP contribution is 2.24. The lowest BCUT2D eigenvalue weighted by atomic mass is 10.1. The molecule has 2 amide bonds. The largest absolute Gasteiger partial charge is 0.496 e. The molecule has 0 bridgehead atoms. The van der Waals surface area contributed by atoms with Gasteiger partial charge in [-0.2, -0.15) is 0 Å². The van der Waals surface area contributed by atoms with Gasteiger partial charge in [0.2, 0.25) is 5.91 Å². The van der Waals surface area contributed by atoms with E-state index in [1.807, 2.05) is 19.2 Å². The number of carbonyl (C=O) groups excluding carboxylic acids is 2. The molecule has 1 atom stereocenters. The Morgan fingerprint density at radius 1 is 1.33 bits per heavy atom. The van der Waals surface area contributed by atoms with Crippen LogP contribution in [-0.4, -0.2) is 46.5 Å². The fourth-order valence-electron chi connectivity index (χ4n) is 4.04. The van der Waals surface area contributed by atoms with Gasteiger partial charge in [0.15, 0.2) is 0 Å². The maximum atomic E-state index is 13.2. The van der Waals surface area contributed by atoms with Crippen LogP contribution < -0.4 is 15.6 Å². The van der Waals surface area contributed by atoms with Gasteiger partial charge in [-0.15, -0.1) is 11.3 Å². The topological polar surface area (TPSA) is 107 Å². The number of aromatic nitrogens is 2.